The second-order valence-corrected chi connectivity index (χ2v) is 5.57. The molecule has 0 aliphatic rings. The molecular weight excluding hydrogens is 228 g/mol. The molecule has 0 aliphatic carbocycles. The lowest BCUT2D eigenvalue weighted by Gasteiger charge is -2.29. The fourth-order valence-corrected chi connectivity index (χ4v) is 1.35. The van der Waals surface area contributed by atoms with Crippen LogP contribution in [0.2, 0.25) is 0 Å². The highest BCUT2D eigenvalue weighted by molar-refractivity contribution is 5.98. The van der Waals surface area contributed by atoms with Crippen molar-refractivity contribution in [1.29, 1.82) is 0 Å². The minimum Gasteiger partial charge on any atom is -0.505 e. The minimum absolute atomic E-state index is 0.00556. The Morgan fingerprint density at radius 3 is 2.61 bits per heavy atom. The molecule has 1 aromatic rings. The van der Waals surface area contributed by atoms with Crippen LogP contribution in [0.4, 0.5) is 5.69 Å². The van der Waals surface area contributed by atoms with E-state index in [0.29, 0.717) is 12.5 Å². The van der Waals surface area contributed by atoms with Crippen molar-refractivity contribution in [3.8, 4) is 5.75 Å². The lowest BCUT2D eigenvalue weighted by atomic mass is 9.81. The van der Waals surface area contributed by atoms with Crippen LogP contribution in [0.1, 0.15) is 38.1 Å². The van der Waals surface area contributed by atoms with Crippen LogP contribution in [0.15, 0.2) is 18.2 Å². The van der Waals surface area contributed by atoms with Crippen LogP contribution >= 0.6 is 0 Å². The summed E-state index contributed by atoms with van der Waals surface area (Å²) in [5, 5.41) is 12.6. The predicted octanol–water partition coefficient (Wildman–Crippen LogP) is 2.39. The molecule has 0 atom stereocenters. The van der Waals surface area contributed by atoms with Crippen LogP contribution in [-0.2, 0) is 0 Å². The van der Waals surface area contributed by atoms with E-state index in [1.807, 2.05) is 0 Å². The van der Waals surface area contributed by atoms with Gasteiger partial charge in [-0.1, -0.05) is 33.8 Å². The molecule has 0 fully saturated rings. The first kappa shape index (κ1) is 14.4. The van der Waals surface area contributed by atoms with Crippen LogP contribution < -0.4 is 11.1 Å². The van der Waals surface area contributed by atoms with Crippen LogP contribution in [0.25, 0.3) is 0 Å². The van der Waals surface area contributed by atoms with Gasteiger partial charge in [0.1, 0.15) is 0 Å². The number of nitrogens with two attached hydrogens (primary N) is 1. The third-order valence-corrected chi connectivity index (χ3v) is 3.58. The lowest BCUT2D eigenvalue weighted by molar-refractivity contribution is 0.0922. The smallest absolute Gasteiger partial charge is 0.255 e. The van der Waals surface area contributed by atoms with Gasteiger partial charge in [0.05, 0.1) is 11.3 Å². The number of anilines is 1. The van der Waals surface area contributed by atoms with Gasteiger partial charge in [0, 0.05) is 6.54 Å². The number of nitrogen functional groups attached to an aromatic ring is 1. The molecule has 18 heavy (non-hydrogen) atoms. The van der Waals surface area contributed by atoms with Gasteiger partial charge in [0.25, 0.3) is 5.91 Å². The van der Waals surface area contributed by atoms with E-state index in [4.69, 9.17) is 5.73 Å². The van der Waals surface area contributed by atoms with Crippen molar-refractivity contribution in [2.24, 2.45) is 11.3 Å². The molecule has 1 aromatic carbocycles. The number of para-hydroxylation sites is 1. The van der Waals surface area contributed by atoms with Gasteiger partial charge in [-0.25, -0.2) is 0 Å². The van der Waals surface area contributed by atoms with Gasteiger partial charge in [0.15, 0.2) is 5.75 Å². The van der Waals surface area contributed by atoms with Crippen LogP contribution in [0.3, 0.4) is 0 Å². The summed E-state index contributed by atoms with van der Waals surface area (Å²) in [5.74, 6) is -0.00174. The second-order valence-electron chi connectivity index (χ2n) is 5.57. The Bertz CT molecular complexity index is 439. The van der Waals surface area contributed by atoms with Gasteiger partial charge < -0.3 is 16.2 Å². The first-order valence-corrected chi connectivity index (χ1v) is 6.11. The summed E-state index contributed by atoms with van der Waals surface area (Å²) in [4.78, 5) is 12.0. The van der Waals surface area contributed by atoms with E-state index in [1.165, 1.54) is 0 Å². The summed E-state index contributed by atoms with van der Waals surface area (Å²) in [7, 11) is 0. The number of benzene rings is 1. The predicted molar refractivity (Wildman–Crippen MR) is 73.5 cm³/mol. The first-order chi connectivity index (χ1) is 8.25. The van der Waals surface area contributed by atoms with Crippen LogP contribution in [0.5, 0.6) is 5.75 Å². The summed E-state index contributed by atoms with van der Waals surface area (Å²) in [6, 6.07) is 4.77. The molecule has 0 aliphatic heterocycles. The van der Waals surface area contributed by atoms with Crippen LogP contribution in [0, 0.1) is 11.3 Å². The first-order valence-electron chi connectivity index (χ1n) is 6.11. The number of phenols is 1. The van der Waals surface area contributed by atoms with E-state index < -0.39 is 0 Å². The van der Waals surface area contributed by atoms with E-state index in [2.05, 4.69) is 33.0 Å². The van der Waals surface area contributed by atoms with E-state index in [-0.39, 0.29) is 28.3 Å². The molecule has 1 amide bonds. The summed E-state index contributed by atoms with van der Waals surface area (Å²) < 4.78 is 0. The fourth-order valence-electron chi connectivity index (χ4n) is 1.35. The largest absolute Gasteiger partial charge is 0.505 e. The van der Waals surface area contributed by atoms with Crippen molar-refractivity contribution in [2.45, 2.75) is 27.7 Å². The number of hydrogen-bond donors (Lipinski definition) is 3. The average Bonchev–Trinajstić information content (AvgIpc) is 2.29. The molecule has 4 N–H and O–H groups in total. The number of hydrogen-bond acceptors (Lipinski definition) is 3. The molecule has 100 valence electrons. The van der Waals surface area contributed by atoms with Gasteiger partial charge in [-0.05, 0) is 23.5 Å². The van der Waals surface area contributed by atoms with E-state index in [0.717, 1.165) is 0 Å². The van der Waals surface area contributed by atoms with Crippen molar-refractivity contribution < 1.29 is 9.90 Å². The maximum absolute atomic E-state index is 12.0. The lowest BCUT2D eigenvalue weighted by Crippen LogP contribution is -2.37. The van der Waals surface area contributed by atoms with Gasteiger partial charge in [0.2, 0.25) is 0 Å². The topological polar surface area (TPSA) is 75.4 Å². The highest BCUT2D eigenvalue weighted by Crippen LogP contribution is 2.26. The molecule has 0 saturated carbocycles. The third kappa shape index (κ3) is 3.15. The van der Waals surface area contributed by atoms with Gasteiger partial charge in [-0.15, -0.1) is 0 Å². The zero-order valence-electron chi connectivity index (χ0n) is 11.4. The third-order valence-electron chi connectivity index (χ3n) is 3.58. The number of phenolic OH excluding ortho intramolecular Hbond substituents is 1. The van der Waals surface area contributed by atoms with Crippen molar-refractivity contribution in [3.63, 3.8) is 0 Å². The zero-order valence-corrected chi connectivity index (χ0v) is 11.4. The van der Waals surface area contributed by atoms with E-state index >= 15 is 0 Å². The van der Waals surface area contributed by atoms with Gasteiger partial charge >= 0.3 is 0 Å². The summed E-state index contributed by atoms with van der Waals surface area (Å²) >= 11 is 0. The van der Waals surface area contributed by atoms with Crippen molar-refractivity contribution in [3.05, 3.63) is 23.8 Å². The summed E-state index contributed by atoms with van der Waals surface area (Å²) in [5.41, 5.74) is 6.00. The standard InChI is InChI=1S/C14H22N2O2/c1-9(2)14(3,4)8-16-13(18)10-6-5-7-11(15)12(10)17/h5-7,9,17H,8,15H2,1-4H3,(H,16,18). The summed E-state index contributed by atoms with van der Waals surface area (Å²) in [6.07, 6.45) is 0. The average molecular weight is 250 g/mol. The number of aromatic hydroxyl groups is 1. The molecule has 4 nitrogen and oxygen atoms in total. The number of rotatable bonds is 4. The molecule has 4 heteroatoms. The van der Waals surface area contributed by atoms with Gasteiger partial charge in [-0.3, -0.25) is 4.79 Å². The Balaban J connectivity index is 2.75. The molecule has 0 spiro atoms. The molecule has 0 heterocycles. The fraction of sp³-hybridized carbons (Fsp3) is 0.500. The molecule has 0 saturated heterocycles. The molecule has 0 bridgehead atoms. The SMILES string of the molecule is CC(C)C(C)(C)CNC(=O)c1cccc(N)c1O. The van der Waals surface area contributed by atoms with Crippen molar-refractivity contribution >= 4 is 11.6 Å². The Kier molecular flexibility index (Phi) is 4.22. The number of nitrogens with one attached hydrogen (secondary N) is 1. The van der Waals surface area contributed by atoms with Gasteiger partial charge in [-0.2, -0.15) is 0 Å². The molecular formula is C14H22N2O2. The molecule has 0 aromatic heterocycles. The Morgan fingerprint density at radius 1 is 1.44 bits per heavy atom. The maximum atomic E-state index is 12.0. The molecule has 1 rings (SSSR count). The Labute approximate surface area is 108 Å². The van der Waals surface area contributed by atoms with Crippen molar-refractivity contribution in [2.75, 3.05) is 12.3 Å². The Morgan fingerprint density at radius 2 is 2.06 bits per heavy atom. The Hall–Kier alpha value is -1.71. The van der Waals surface area contributed by atoms with E-state index in [1.54, 1.807) is 18.2 Å². The number of amides is 1. The molecule has 0 radical (unpaired) electrons. The highest BCUT2D eigenvalue weighted by atomic mass is 16.3. The van der Waals surface area contributed by atoms with Crippen molar-refractivity contribution in [1.82, 2.24) is 5.32 Å². The summed E-state index contributed by atoms with van der Waals surface area (Å²) in [6.45, 7) is 8.97. The second kappa shape index (κ2) is 5.29. The maximum Gasteiger partial charge on any atom is 0.255 e. The van der Waals surface area contributed by atoms with E-state index in [9.17, 15) is 9.90 Å². The van der Waals surface area contributed by atoms with Crippen LogP contribution in [-0.4, -0.2) is 17.6 Å². The highest BCUT2D eigenvalue weighted by Gasteiger charge is 2.23. The normalized spacial score (nSPS) is 11.6. The zero-order chi connectivity index (χ0) is 13.9. The number of carbonyl (C=O) groups excluding carboxylic acids is 1. The quantitative estimate of drug-likeness (QED) is 0.567. The monoisotopic (exact) mass is 250 g/mol. The molecule has 0 unspecified atom stereocenters. The number of carbonyl (C=O) groups is 1. The minimum atomic E-state index is -0.298.